The van der Waals surface area contributed by atoms with Crippen molar-refractivity contribution >= 4 is 11.9 Å². The number of nitrogens with one attached hydrogen (secondary N) is 1. The molecule has 0 atom stereocenters. The maximum absolute atomic E-state index is 4.50. The third-order valence-electron chi connectivity index (χ3n) is 2.84. The van der Waals surface area contributed by atoms with E-state index >= 15 is 0 Å². The lowest BCUT2D eigenvalue weighted by molar-refractivity contribution is 0.918. The van der Waals surface area contributed by atoms with E-state index in [9.17, 15) is 0 Å². The van der Waals surface area contributed by atoms with Crippen LogP contribution >= 0.6 is 0 Å². The van der Waals surface area contributed by atoms with Gasteiger partial charge in [0.05, 0.1) is 0 Å². The Morgan fingerprint density at radius 1 is 1.20 bits per heavy atom. The number of aromatic nitrogens is 4. The van der Waals surface area contributed by atoms with Crippen molar-refractivity contribution in [3.8, 4) is 11.4 Å². The van der Waals surface area contributed by atoms with E-state index in [4.69, 9.17) is 0 Å². The van der Waals surface area contributed by atoms with Crippen LogP contribution in [0.4, 0.5) is 11.9 Å². The summed E-state index contributed by atoms with van der Waals surface area (Å²) in [6.45, 7) is 4.96. The second kappa shape index (κ2) is 6.27. The van der Waals surface area contributed by atoms with Crippen molar-refractivity contribution in [2.75, 3.05) is 30.9 Å². The van der Waals surface area contributed by atoms with E-state index in [-0.39, 0.29) is 0 Å². The lowest BCUT2D eigenvalue weighted by Crippen LogP contribution is -2.16. The Morgan fingerprint density at radius 3 is 2.65 bits per heavy atom. The van der Waals surface area contributed by atoms with Crippen molar-refractivity contribution in [2.24, 2.45) is 0 Å². The van der Waals surface area contributed by atoms with E-state index in [1.807, 2.05) is 32.0 Å². The van der Waals surface area contributed by atoms with E-state index in [1.54, 1.807) is 12.4 Å². The summed E-state index contributed by atoms with van der Waals surface area (Å²) in [5.41, 5.74) is 2.02. The van der Waals surface area contributed by atoms with Gasteiger partial charge in [-0.3, -0.25) is 4.98 Å². The molecule has 106 valence electrons. The van der Waals surface area contributed by atoms with Gasteiger partial charge in [-0.1, -0.05) is 6.92 Å². The smallest absolute Gasteiger partial charge is 0.230 e. The fourth-order valence-electron chi connectivity index (χ4n) is 1.70. The minimum Gasteiger partial charge on any atom is -0.354 e. The molecule has 6 heteroatoms. The van der Waals surface area contributed by atoms with Crippen molar-refractivity contribution < 1.29 is 0 Å². The number of nitrogens with zero attached hydrogens (tertiary/aromatic N) is 5. The minimum absolute atomic E-state index is 0.601. The van der Waals surface area contributed by atoms with Gasteiger partial charge in [-0.2, -0.15) is 15.0 Å². The molecule has 2 heterocycles. The summed E-state index contributed by atoms with van der Waals surface area (Å²) in [6.07, 6.45) is 4.57. The number of aryl methyl sites for hydroxylation is 1. The van der Waals surface area contributed by atoms with Crippen molar-refractivity contribution in [1.82, 2.24) is 19.9 Å². The molecule has 6 nitrogen and oxygen atoms in total. The third kappa shape index (κ3) is 3.20. The lowest BCUT2D eigenvalue weighted by Gasteiger charge is -2.14. The second-order valence-corrected chi connectivity index (χ2v) is 4.79. The Labute approximate surface area is 119 Å². The predicted molar refractivity (Wildman–Crippen MR) is 80.9 cm³/mol. The average molecular weight is 272 g/mol. The summed E-state index contributed by atoms with van der Waals surface area (Å²) >= 11 is 0. The highest BCUT2D eigenvalue weighted by Gasteiger charge is 2.11. The topological polar surface area (TPSA) is 66.8 Å². The number of anilines is 2. The lowest BCUT2D eigenvalue weighted by atomic mass is 10.1. The minimum atomic E-state index is 0.601. The van der Waals surface area contributed by atoms with E-state index in [0.717, 1.165) is 24.1 Å². The highest BCUT2D eigenvalue weighted by atomic mass is 15.3. The van der Waals surface area contributed by atoms with Crippen LogP contribution in [0.25, 0.3) is 11.4 Å². The first-order valence-corrected chi connectivity index (χ1v) is 6.70. The average Bonchev–Trinajstić information content (AvgIpc) is 2.45. The van der Waals surface area contributed by atoms with Crippen LogP contribution in [0.1, 0.15) is 18.9 Å². The summed E-state index contributed by atoms with van der Waals surface area (Å²) < 4.78 is 0. The Balaban J connectivity index is 2.46. The second-order valence-electron chi connectivity index (χ2n) is 4.79. The maximum atomic E-state index is 4.50. The summed E-state index contributed by atoms with van der Waals surface area (Å²) in [4.78, 5) is 19.4. The Hall–Kier alpha value is -2.24. The molecule has 0 amide bonds. The van der Waals surface area contributed by atoms with Gasteiger partial charge in [-0.25, -0.2) is 0 Å². The fraction of sp³-hybridized carbons (Fsp3) is 0.429. The quantitative estimate of drug-likeness (QED) is 0.899. The molecule has 0 spiro atoms. The van der Waals surface area contributed by atoms with Gasteiger partial charge in [0.2, 0.25) is 11.9 Å². The van der Waals surface area contributed by atoms with Gasteiger partial charge < -0.3 is 10.2 Å². The van der Waals surface area contributed by atoms with Gasteiger partial charge in [0.1, 0.15) is 0 Å². The van der Waals surface area contributed by atoms with Crippen molar-refractivity contribution in [1.29, 1.82) is 0 Å². The zero-order chi connectivity index (χ0) is 14.5. The van der Waals surface area contributed by atoms with Gasteiger partial charge in [0.25, 0.3) is 0 Å². The molecule has 0 unspecified atom stereocenters. The van der Waals surface area contributed by atoms with Gasteiger partial charge in [0.15, 0.2) is 5.82 Å². The molecule has 2 aromatic heterocycles. The monoisotopic (exact) mass is 272 g/mol. The first-order chi connectivity index (χ1) is 9.61. The van der Waals surface area contributed by atoms with Gasteiger partial charge in [-0.15, -0.1) is 0 Å². The Kier molecular flexibility index (Phi) is 4.45. The molecule has 0 saturated carbocycles. The predicted octanol–water partition coefficient (Wildman–Crippen LogP) is 2.13. The molecule has 0 aliphatic rings. The van der Waals surface area contributed by atoms with Crippen molar-refractivity contribution in [2.45, 2.75) is 20.3 Å². The van der Waals surface area contributed by atoms with Crippen LogP contribution < -0.4 is 10.2 Å². The Bertz CT molecular complexity index is 582. The molecule has 0 saturated heterocycles. The molecule has 0 radical (unpaired) electrons. The fourth-order valence-corrected chi connectivity index (χ4v) is 1.70. The molecule has 0 aliphatic carbocycles. The molecule has 20 heavy (non-hydrogen) atoms. The number of hydrogen-bond acceptors (Lipinski definition) is 6. The first-order valence-electron chi connectivity index (χ1n) is 6.70. The summed E-state index contributed by atoms with van der Waals surface area (Å²) in [5.74, 6) is 1.88. The highest BCUT2D eigenvalue weighted by molar-refractivity contribution is 5.60. The van der Waals surface area contributed by atoms with Gasteiger partial charge in [-0.05, 0) is 25.0 Å². The summed E-state index contributed by atoms with van der Waals surface area (Å²) in [6, 6.07) is 1.95. The van der Waals surface area contributed by atoms with E-state index in [2.05, 4.69) is 32.2 Å². The molecule has 2 rings (SSSR count). The molecular formula is C14H20N6. The van der Waals surface area contributed by atoms with Crippen LogP contribution in [0, 0.1) is 6.92 Å². The number of hydrogen-bond donors (Lipinski definition) is 1. The Morgan fingerprint density at radius 2 is 2.00 bits per heavy atom. The zero-order valence-corrected chi connectivity index (χ0v) is 12.4. The van der Waals surface area contributed by atoms with Crippen LogP contribution in [0.15, 0.2) is 18.5 Å². The van der Waals surface area contributed by atoms with Crippen LogP contribution in [0.3, 0.4) is 0 Å². The van der Waals surface area contributed by atoms with E-state index in [0.29, 0.717) is 17.7 Å². The summed E-state index contributed by atoms with van der Waals surface area (Å²) in [7, 11) is 3.83. The van der Waals surface area contributed by atoms with Gasteiger partial charge in [0, 0.05) is 38.6 Å². The van der Waals surface area contributed by atoms with Crippen LogP contribution in [-0.4, -0.2) is 40.6 Å². The van der Waals surface area contributed by atoms with Crippen molar-refractivity contribution in [3.05, 3.63) is 24.0 Å². The van der Waals surface area contributed by atoms with Gasteiger partial charge >= 0.3 is 0 Å². The molecule has 0 bridgehead atoms. The van der Waals surface area contributed by atoms with E-state index < -0.39 is 0 Å². The zero-order valence-electron chi connectivity index (χ0n) is 12.4. The molecule has 0 aliphatic heterocycles. The summed E-state index contributed by atoms with van der Waals surface area (Å²) in [5, 5.41) is 3.21. The first kappa shape index (κ1) is 14.2. The third-order valence-corrected chi connectivity index (χ3v) is 2.84. The SMILES string of the molecule is CCCNc1nc(-c2cnccc2C)nc(N(C)C)n1. The van der Waals surface area contributed by atoms with Crippen molar-refractivity contribution in [3.63, 3.8) is 0 Å². The van der Waals surface area contributed by atoms with E-state index in [1.165, 1.54) is 0 Å². The maximum Gasteiger partial charge on any atom is 0.230 e. The normalized spacial score (nSPS) is 10.4. The van der Waals surface area contributed by atoms with Crippen LogP contribution in [-0.2, 0) is 0 Å². The van der Waals surface area contributed by atoms with Crippen LogP contribution in [0.2, 0.25) is 0 Å². The standard InChI is InChI=1S/C14H20N6/c1-5-7-16-13-17-12(18-14(19-13)20(3)4)11-9-15-8-6-10(11)2/h6,8-9H,5,7H2,1-4H3,(H,16,17,18,19). The van der Waals surface area contributed by atoms with Crippen LogP contribution in [0.5, 0.6) is 0 Å². The molecule has 0 fully saturated rings. The molecule has 1 N–H and O–H groups in total. The molecular weight excluding hydrogens is 252 g/mol. The number of pyridine rings is 1. The molecule has 0 aromatic carbocycles. The molecule has 2 aromatic rings. The number of rotatable bonds is 5. The largest absolute Gasteiger partial charge is 0.354 e. The highest BCUT2D eigenvalue weighted by Crippen LogP contribution is 2.21.